The maximum Gasteiger partial charge on any atom is 0.255 e. The molecule has 1 aliphatic rings. The fourth-order valence-corrected chi connectivity index (χ4v) is 3.60. The van der Waals surface area contributed by atoms with Crippen molar-refractivity contribution in [2.24, 2.45) is 0 Å². The molecule has 160 valence electrons. The number of benzene rings is 2. The van der Waals surface area contributed by atoms with Crippen LogP contribution in [0.15, 0.2) is 59.8 Å². The topological polar surface area (TPSA) is 103 Å². The SMILES string of the molecule is CCOc1cccc(C2C(C(=O)Nc3ccccc3OCC)=C(C)Nc3nnnn32)c1. The molecule has 0 fully saturated rings. The first kappa shape index (κ1) is 20.4. The molecule has 2 aromatic carbocycles. The van der Waals surface area contributed by atoms with Crippen LogP contribution in [0.1, 0.15) is 32.4 Å². The number of allylic oxidation sites excluding steroid dienone is 1. The lowest BCUT2D eigenvalue weighted by Crippen LogP contribution is -2.31. The van der Waals surface area contributed by atoms with Gasteiger partial charge in [-0.25, -0.2) is 0 Å². The number of nitrogens with one attached hydrogen (secondary N) is 2. The molecule has 1 unspecified atom stereocenters. The number of para-hydroxylation sites is 2. The molecule has 0 saturated carbocycles. The largest absolute Gasteiger partial charge is 0.494 e. The van der Waals surface area contributed by atoms with Gasteiger partial charge < -0.3 is 20.1 Å². The van der Waals surface area contributed by atoms with E-state index in [2.05, 4.69) is 26.2 Å². The first-order valence-corrected chi connectivity index (χ1v) is 10.1. The molecule has 1 aliphatic heterocycles. The number of aromatic nitrogens is 4. The molecule has 0 bridgehead atoms. The number of carbonyl (C=O) groups is 1. The van der Waals surface area contributed by atoms with Crippen LogP contribution in [0.2, 0.25) is 0 Å². The summed E-state index contributed by atoms with van der Waals surface area (Å²) in [6.45, 7) is 6.70. The Balaban J connectivity index is 1.74. The van der Waals surface area contributed by atoms with Gasteiger partial charge in [0.25, 0.3) is 5.91 Å². The van der Waals surface area contributed by atoms with Gasteiger partial charge in [-0.05, 0) is 61.0 Å². The zero-order valence-corrected chi connectivity index (χ0v) is 17.6. The average molecular weight is 420 g/mol. The summed E-state index contributed by atoms with van der Waals surface area (Å²) in [5.74, 6) is 1.52. The third-order valence-corrected chi connectivity index (χ3v) is 4.88. The Kier molecular flexibility index (Phi) is 5.83. The number of nitrogens with zero attached hydrogens (tertiary/aromatic N) is 4. The third kappa shape index (κ3) is 4.07. The predicted molar refractivity (Wildman–Crippen MR) is 116 cm³/mol. The van der Waals surface area contributed by atoms with E-state index in [1.807, 2.05) is 69.3 Å². The first-order valence-electron chi connectivity index (χ1n) is 10.1. The fourth-order valence-electron chi connectivity index (χ4n) is 3.60. The summed E-state index contributed by atoms with van der Waals surface area (Å²) in [7, 11) is 0. The van der Waals surface area contributed by atoms with Gasteiger partial charge in [0.15, 0.2) is 0 Å². The van der Waals surface area contributed by atoms with Crippen molar-refractivity contribution in [3.05, 3.63) is 65.4 Å². The Morgan fingerprint density at radius 1 is 1.13 bits per heavy atom. The van der Waals surface area contributed by atoms with Gasteiger partial charge in [0.2, 0.25) is 5.95 Å². The minimum Gasteiger partial charge on any atom is -0.494 e. The number of amides is 1. The highest BCUT2D eigenvalue weighted by molar-refractivity contribution is 6.06. The predicted octanol–water partition coefficient (Wildman–Crippen LogP) is 3.40. The Morgan fingerprint density at radius 3 is 2.74 bits per heavy atom. The van der Waals surface area contributed by atoms with Crippen LogP contribution in [-0.2, 0) is 4.79 Å². The summed E-state index contributed by atoms with van der Waals surface area (Å²) in [5.41, 5.74) is 2.60. The van der Waals surface area contributed by atoms with Crippen LogP contribution in [-0.4, -0.2) is 39.3 Å². The van der Waals surface area contributed by atoms with Crippen molar-refractivity contribution >= 4 is 17.5 Å². The van der Waals surface area contributed by atoms with Crippen LogP contribution >= 0.6 is 0 Å². The highest BCUT2D eigenvalue weighted by Crippen LogP contribution is 2.36. The maximum absolute atomic E-state index is 13.5. The molecule has 1 aromatic heterocycles. The molecule has 4 rings (SSSR count). The third-order valence-electron chi connectivity index (χ3n) is 4.88. The lowest BCUT2D eigenvalue weighted by atomic mass is 9.94. The maximum atomic E-state index is 13.5. The summed E-state index contributed by atoms with van der Waals surface area (Å²) in [4.78, 5) is 13.5. The fraction of sp³-hybridized carbons (Fsp3) is 0.273. The first-order chi connectivity index (χ1) is 15.1. The van der Waals surface area contributed by atoms with Crippen molar-refractivity contribution in [3.8, 4) is 11.5 Å². The molecular formula is C22H24N6O3. The molecule has 2 heterocycles. The van der Waals surface area contributed by atoms with Crippen LogP contribution in [0, 0.1) is 0 Å². The Morgan fingerprint density at radius 2 is 1.94 bits per heavy atom. The monoisotopic (exact) mass is 420 g/mol. The van der Waals surface area contributed by atoms with Crippen molar-refractivity contribution in [2.75, 3.05) is 23.8 Å². The van der Waals surface area contributed by atoms with E-state index in [9.17, 15) is 4.79 Å². The van der Waals surface area contributed by atoms with Crippen LogP contribution in [0.3, 0.4) is 0 Å². The Bertz CT molecular complexity index is 1120. The van der Waals surface area contributed by atoms with Crippen LogP contribution < -0.4 is 20.1 Å². The number of fused-ring (bicyclic) bond motifs is 1. The van der Waals surface area contributed by atoms with E-state index < -0.39 is 6.04 Å². The van der Waals surface area contributed by atoms with Gasteiger partial charge in [-0.15, -0.1) is 0 Å². The molecule has 0 spiro atoms. The lowest BCUT2D eigenvalue weighted by Gasteiger charge is -2.28. The second-order valence-corrected chi connectivity index (χ2v) is 6.90. The van der Waals surface area contributed by atoms with Gasteiger partial charge in [-0.1, -0.05) is 29.4 Å². The van der Waals surface area contributed by atoms with Gasteiger partial charge in [0.05, 0.1) is 24.5 Å². The number of hydrogen-bond acceptors (Lipinski definition) is 7. The van der Waals surface area contributed by atoms with Gasteiger partial charge in [-0.3, -0.25) is 4.79 Å². The molecule has 3 aromatic rings. The molecule has 0 aliphatic carbocycles. The average Bonchev–Trinajstić information content (AvgIpc) is 3.22. The van der Waals surface area contributed by atoms with E-state index in [1.54, 1.807) is 4.68 Å². The van der Waals surface area contributed by atoms with E-state index in [0.29, 0.717) is 47.6 Å². The molecule has 0 saturated heterocycles. The summed E-state index contributed by atoms with van der Waals surface area (Å²) in [5, 5.41) is 18.0. The van der Waals surface area contributed by atoms with Gasteiger partial charge in [-0.2, -0.15) is 4.68 Å². The van der Waals surface area contributed by atoms with E-state index in [4.69, 9.17) is 9.47 Å². The zero-order valence-electron chi connectivity index (χ0n) is 17.6. The minimum atomic E-state index is -0.522. The number of tetrazole rings is 1. The lowest BCUT2D eigenvalue weighted by molar-refractivity contribution is -0.113. The normalized spacial score (nSPS) is 15.1. The number of anilines is 2. The van der Waals surface area contributed by atoms with Crippen molar-refractivity contribution in [2.45, 2.75) is 26.8 Å². The standard InChI is InChI=1S/C22H24N6O3/c1-4-30-16-10-8-9-15(13-16)20-19(14(3)23-22-25-26-27-28(20)22)21(29)24-17-11-6-7-12-18(17)31-5-2/h6-13,20H,4-5H2,1-3H3,(H,24,29)(H,23,25,27). The van der Waals surface area contributed by atoms with Crippen molar-refractivity contribution in [1.29, 1.82) is 0 Å². The van der Waals surface area contributed by atoms with E-state index in [1.165, 1.54) is 0 Å². The summed E-state index contributed by atoms with van der Waals surface area (Å²) in [6.07, 6.45) is 0. The Hall–Kier alpha value is -3.88. The highest BCUT2D eigenvalue weighted by Gasteiger charge is 2.34. The van der Waals surface area contributed by atoms with Gasteiger partial charge in [0.1, 0.15) is 17.5 Å². The molecule has 1 atom stereocenters. The zero-order chi connectivity index (χ0) is 21.8. The van der Waals surface area contributed by atoms with Crippen molar-refractivity contribution in [3.63, 3.8) is 0 Å². The van der Waals surface area contributed by atoms with E-state index >= 15 is 0 Å². The Labute approximate surface area is 180 Å². The molecule has 9 nitrogen and oxygen atoms in total. The smallest absolute Gasteiger partial charge is 0.255 e. The molecule has 9 heteroatoms. The summed E-state index contributed by atoms with van der Waals surface area (Å²) < 4.78 is 12.9. The van der Waals surface area contributed by atoms with Gasteiger partial charge in [0, 0.05) is 5.70 Å². The van der Waals surface area contributed by atoms with Crippen LogP contribution in [0.4, 0.5) is 11.6 Å². The van der Waals surface area contributed by atoms with E-state index in [0.717, 1.165) is 5.56 Å². The molecule has 0 radical (unpaired) electrons. The highest BCUT2D eigenvalue weighted by atomic mass is 16.5. The number of rotatable bonds is 7. The molecule has 1 amide bonds. The number of hydrogen-bond donors (Lipinski definition) is 2. The quantitative estimate of drug-likeness (QED) is 0.604. The van der Waals surface area contributed by atoms with Crippen LogP contribution in [0.5, 0.6) is 11.5 Å². The molecular weight excluding hydrogens is 396 g/mol. The summed E-state index contributed by atoms with van der Waals surface area (Å²) in [6, 6.07) is 14.4. The van der Waals surface area contributed by atoms with Crippen molar-refractivity contribution in [1.82, 2.24) is 20.2 Å². The number of carbonyl (C=O) groups excluding carboxylic acids is 1. The molecule has 31 heavy (non-hydrogen) atoms. The second kappa shape index (κ2) is 8.86. The minimum absolute atomic E-state index is 0.273. The number of ether oxygens (including phenoxy) is 2. The molecule has 2 N–H and O–H groups in total. The summed E-state index contributed by atoms with van der Waals surface area (Å²) >= 11 is 0. The van der Waals surface area contributed by atoms with E-state index in [-0.39, 0.29) is 5.91 Å². The van der Waals surface area contributed by atoms with Crippen LogP contribution in [0.25, 0.3) is 0 Å². The van der Waals surface area contributed by atoms with Crippen molar-refractivity contribution < 1.29 is 14.3 Å². The van der Waals surface area contributed by atoms with Gasteiger partial charge >= 0.3 is 0 Å². The second-order valence-electron chi connectivity index (χ2n) is 6.90.